The maximum Gasteiger partial charge on any atom is 0.104 e. The van der Waals surface area contributed by atoms with Crippen LogP contribution >= 0.6 is 11.6 Å². The minimum Gasteiger partial charge on any atom is -0.384 e. The lowest BCUT2D eigenvalue weighted by molar-refractivity contribution is 0.220. The molecule has 0 bridgehead atoms. The highest BCUT2D eigenvalue weighted by molar-refractivity contribution is 6.30. The summed E-state index contributed by atoms with van der Waals surface area (Å²) in [5.41, 5.74) is 4.10. The molecule has 0 aromatic heterocycles. The zero-order chi connectivity index (χ0) is 12.4. The first-order valence-electron chi connectivity index (χ1n) is 5.58. The number of aliphatic hydroxyl groups excluding tert-OH is 1. The lowest BCUT2D eigenvalue weighted by atomic mass is 9.98. The van der Waals surface area contributed by atoms with Gasteiger partial charge in [-0.25, -0.2) is 0 Å². The Labute approximate surface area is 107 Å². The van der Waals surface area contributed by atoms with Gasteiger partial charge in [0.2, 0.25) is 0 Å². The van der Waals surface area contributed by atoms with Gasteiger partial charge in [-0.3, -0.25) is 0 Å². The van der Waals surface area contributed by atoms with Gasteiger partial charge in [-0.15, -0.1) is 0 Å². The van der Waals surface area contributed by atoms with Crippen LogP contribution < -0.4 is 0 Å². The molecule has 2 heteroatoms. The van der Waals surface area contributed by atoms with Gasteiger partial charge in [-0.2, -0.15) is 0 Å². The minimum atomic E-state index is -0.592. The fraction of sp³-hybridized carbons (Fsp3) is 0.200. The highest BCUT2D eigenvalue weighted by atomic mass is 35.5. The zero-order valence-electron chi connectivity index (χ0n) is 9.94. The van der Waals surface area contributed by atoms with Crippen LogP contribution in [0.5, 0.6) is 0 Å². The Morgan fingerprint density at radius 1 is 0.882 bits per heavy atom. The van der Waals surface area contributed by atoms with Crippen molar-refractivity contribution in [1.29, 1.82) is 0 Å². The summed E-state index contributed by atoms with van der Waals surface area (Å²) in [5, 5.41) is 11.0. The standard InChI is InChI=1S/C15H15ClO/c1-10-7-11(2)9-13(8-10)15(17)12-3-5-14(16)6-4-12/h3-9,15,17H,1-2H3. The summed E-state index contributed by atoms with van der Waals surface area (Å²) in [6.45, 7) is 4.07. The van der Waals surface area contributed by atoms with E-state index in [0.29, 0.717) is 5.02 Å². The van der Waals surface area contributed by atoms with E-state index in [1.165, 1.54) is 0 Å². The summed E-state index contributed by atoms with van der Waals surface area (Å²) in [6, 6.07) is 13.4. The van der Waals surface area contributed by atoms with Gasteiger partial charge >= 0.3 is 0 Å². The van der Waals surface area contributed by atoms with E-state index in [1.54, 1.807) is 12.1 Å². The third kappa shape index (κ3) is 2.87. The molecule has 2 aromatic carbocycles. The van der Waals surface area contributed by atoms with Gasteiger partial charge in [0.05, 0.1) is 0 Å². The first kappa shape index (κ1) is 12.2. The van der Waals surface area contributed by atoms with Gasteiger partial charge in [0.15, 0.2) is 0 Å². The van der Waals surface area contributed by atoms with Crippen LogP contribution in [0.1, 0.15) is 28.4 Å². The molecule has 2 aromatic rings. The number of aliphatic hydroxyl groups is 1. The molecule has 0 saturated carbocycles. The van der Waals surface area contributed by atoms with Gasteiger partial charge in [0, 0.05) is 5.02 Å². The Kier molecular flexibility index (Phi) is 3.51. The van der Waals surface area contributed by atoms with Crippen LogP contribution in [0.3, 0.4) is 0 Å². The molecule has 0 amide bonds. The van der Waals surface area contributed by atoms with Crippen molar-refractivity contribution in [2.45, 2.75) is 20.0 Å². The Hall–Kier alpha value is -1.31. The molecule has 0 fully saturated rings. The largest absolute Gasteiger partial charge is 0.384 e. The van der Waals surface area contributed by atoms with Crippen molar-refractivity contribution in [1.82, 2.24) is 0 Å². The minimum absolute atomic E-state index is 0.592. The van der Waals surface area contributed by atoms with E-state index in [0.717, 1.165) is 22.3 Å². The summed E-state index contributed by atoms with van der Waals surface area (Å²) < 4.78 is 0. The topological polar surface area (TPSA) is 20.2 Å². The van der Waals surface area contributed by atoms with Crippen LogP contribution in [0, 0.1) is 13.8 Å². The number of hydrogen-bond acceptors (Lipinski definition) is 1. The normalized spacial score (nSPS) is 12.5. The van der Waals surface area contributed by atoms with Crippen LogP contribution in [0.15, 0.2) is 42.5 Å². The maximum absolute atomic E-state index is 10.3. The first-order chi connectivity index (χ1) is 8.06. The van der Waals surface area contributed by atoms with Crippen LogP contribution in [0.25, 0.3) is 0 Å². The fourth-order valence-electron chi connectivity index (χ4n) is 2.01. The second-order valence-electron chi connectivity index (χ2n) is 4.38. The van der Waals surface area contributed by atoms with Crippen molar-refractivity contribution < 1.29 is 5.11 Å². The van der Waals surface area contributed by atoms with Gasteiger partial charge < -0.3 is 5.11 Å². The molecule has 17 heavy (non-hydrogen) atoms. The smallest absolute Gasteiger partial charge is 0.104 e. The second-order valence-corrected chi connectivity index (χ2v) is 4.81. The molecular weight excluding hydrogens is 232 g/mol. The third-order valence-corrected chi connectivity index (χ3v) is 3.00. The number of halogens is 1. The molecule has 1 nitrogen and oxygen atoms in total. The molecule has 0 spiro atoms. The highest BCUT2D eigenvalue weighted by Gasteiger charge is 2.10. The van der Waals surface area contributed by atoms with E-state index in [9.17, 15) is 5.11 Å². The number of hydrogen-bond donors (Lipinski definition) is 1. The first-order valence-corrected chi connectivity index (χ1v) is 5.96. The average Bonchev–Trinajstić information content (AvgIpc) is 2.28. The van der Waals surface area contributed by atoms with Crippen molar-refractivity contribution in [3.63, 3.8) is 0 Å². The number of rotatable bonds is 2. The molecule has 1 N–H and O–H groups in total. The fourth-order valence-corrected chi connectivity index (χ4v) is 2.13. The molecule has 88 valence electrons. The van der Waals surface area contributed by atoms with Gasteiger partial charge in [0.1, 0.15) is 6.10 Å². The molecule has 0 aliphatic carbocycles. The van der Waals surface area contributed by atoms with E-state index >= 15 is 0 Å². The predicted molar refractivity (Wildman–Crippen MR) is 71.4 cm³/mol. The van der Waals surface area contributed by atoms with Crippen molar-refractivity contribution >= 4 is 11.6 Å². The van der Waals surface area contributed by atoms with E-state index in [1.807, 2.05) is 38.1 Å². The zero-order valence-corrected chi connectivity index (χ0v) is 10.7. The molecule has 1 atom stereocenters. The van der Waals surface area contributed by atoms with Crippen LogP contribution in [-0.2, 0) is 0 Å². The van der Waals surface area contributed by atoms with Crippen LogP contribution in [0.4, 0.5) is 0 Å². The van der Waals surface area contributed by atoms with E-state index in [2.05, 4.69) is 6.07 Å². The Morgan fingerprint density at radius 3 is 1.94 bits per heavy atom. The van der Waals surface area contributed by atoms with Gasteiger partial charge in [-0.05, 0) is 37.1 Å². The summed E-state index contributed by atoms with van der Waals surface area (Å²) >= 11 is 5.83. The molecule has 0 aliphatic heterocycles. The van der Waals surface area contributed by atoms with Gasteiger partial charge in [-0.1, -0.05) is 53.1 Å². The maximum atomic E-state index is 10.3. The monoisotopic (exact) mass is 246 g/mol. The molecule has 0 aliphatic rings. The van der Waals surface area contributed by atoms with Gasteiger partial charge in [0.25, 0.3) is 0 Å². The Balaban J connectivity index is 2.36. The predicted octanol–water partition coefficient (Wildman–Crippen LogP) is 4.04. The van der Waals surface area contributed by atoms with Crippen LogP contribution in [0.2, 0.25) is 5.02 Å². The molecule has 1 unspecified atom stereocenters. The summed E-state index contributed by atoms with van der Waals surface area (Å²) in [7, 11) is 0. The second kappa shape index (κ2) is 4.91. The lowest BCUT2D eigenvalue weighted by Gasteiger charge is -2.13. The van der Waals surface area contributed by atoms with Crippen molar-refractivity contribution in [2.75, 3.05) is 0 Å². The molecule has 0 saturated heterocycles. The lowest BCUT2D eigenvalue weighted by Crippen LogP contribution is -2.00. The van der Waals surface area contributed by atoms with E-state index in [-0.39, 0.29) is 0 Å². The van der Waals surface area contributed by atoms with E-state index in [4.69, 9.17) is 11.6 Å². The molecule has 0 heterocycles. The summed E-state index contributed by atoms with van der Waals surface area (Å²) in [6.07, 6.45) is -0.592. The average molecular weight is 247 g/mol. The molecule has 2 rings (SSSR count). The molecule has 0 radical (unpaired) electrons. The van der Waals surface area contributed by atoms with Crippen molar-refractivity contribution in [3.05, 3.63) is 69.7 Å². The number of benzene rings is 2. The van der Waals surface area contributed by atoms with Crippen molar-refractivity contribution in [2.24, 2.45) is 0 Å². The molecular formula is C15H15ClO. The summed E-state index contributed by atoms with van der Waals surface area (Å²) in [5.74, 6) is 0. The third-order valence-electron chi connectivity index (χ3n) is 2.75. The highest BCUT2D eigenvalue weighted by Crippen LogP contribution is 2.24. The van der Waals surface area contributed by atoms with Crippen molar-refractivity contribution in [3.8, 4) is 0 Å². The number of aryl methyl sites for hydroxylation is 2. The quantitative estimate of drug-likeness (QED) is 0.848. The Morgan fingerprint density at radius 2 is 1.41 bits per heavy atom. The Bertz CT molecular complexity index is 497. The van der Waals surface area contributed by atoms with Crippen LogP contribution in [-0.4, -0.2) is 5.11 Å². The van der Waals surface area contributed by atoms with E-state index < -0.39 is 6.10 Å². The summed E-state index contributed by atoms with van der Waals surface area (Å²) in [4.78, 5) is 0. The SMILES string of the molecule is Cc1cc(C)cc(C(O)c2ccc(Cl)cc2)c1.